The molecule has 0 saturated carbocycles. The molecule has 1 aliphatic rings. The molecule has 0 bridgehead atoms. The molecule has 1 aromatic carbocycles. The number of thiophene rings is 1. The van der Waals surface area contributed by atoms with E-state index in [1.807, 2.05) is 11.4 Å². The zero-order valence-electron chi connectivity index (χ0n) is 17.8. The summed E-state index contributed by atoms with van der Waals surface area (Å²) < 4.78 is 38.8. The van der Waals surface area contributed by atoms with Gasteiger partial charge < -0.3 is 9.47 Å². The maximum absolute atomic E-state index is 13.6. The zero-order valence-corrected chi connectivity index (χ0v) is 19.5. The fraction of sp³-hybridized carbons (Fsp3) is 0.500. The van der Waals surface area contributed by atoms with Gasteiger partial charge in [-0.1, -0.05) is 20.3 Å². The van der Waals surface area contributed by atoms with Crippen LogP contribution in [0.1, 0.15) is 43.0 Å². The van der Waals surface area contributed by atoms with Gasteiger partial charge in [0, 0.05) is 17.3 Å². The molecular formula is C22H29NO5S2. The van der Waals surface area contributed by atoms with E-state index in [1.54, 1.807) is 23.5 Å². The highest BCUT2D eigenvalue weighted by Crippen LogP contribution is 2.40. The quantitative estimate of drug-likeness (QED) is 0.594. The summed E-state index contributed by atoms with van der Waals surface area (Å²) in [6, 6.07) is 7.41. The summed E-state index contributed by atoms with van der Waals surface area (Å²) in [5.74, 6) is 0.267. The number of hydrogen-bond acceptors (Lipinski definition) is 6. The third-order valence-corrected chi connectivity index (χ3v) is 8.49. The first-order valence-electron chi connectivity index (χ1n) is 10.1. The molecule has 0 spiro atoms. The van der Waals surface area contributed by atoms with Crippen LogP contribution in [0.15, 0.2) is 40.6 Å². The van der Waals surface area contributed by atoms with Crippen molar-refractivity contribution in [1.82, 2.24) is 4.31 Å². The zero-order chi connectivity index (χ0) is 21.9. The van der Waals surface area contributed by atoms with Crippen molar-refractivity contribution < 1.29 is 22.7 Å². The van der Waals surface area contributed by atoms with Crippen molar-refractivity contribution in [3.8, 4) is 5.75 Å². The summed E-state index contributed by atoms with van der Waals surface area (Å²) in [5, 5.41) is 2.02. The topological polar surface area (TPSA) is 72.9 Å². The maximum Gasteiger partial charge on any atom is 0.324 e. The first kappa shape index (κ1) is 22.8. The number of rotatable bonds is 7. The van der Waals surface area contributed by atoms with E-state index in [9.17, 15) is 13.2 Å². The Labute approximate surface area is 182 Å². The van der Waals surface area contributed by atoms with Gasteiger partial charge in [0.15, 0.2) is 0 Å². The molecule has 0 fully saturated rings. The molecule has 3 rings (SSSR count). The van der Waals surface area contributed by atoms with Gasteiger partial charge in [-0.3, -0.25) is 4.79 Å². The molecule has 2 atom stereocenters. The van der Waals surface area contributed by atoms with Gasteiger partial charge in [-0.15, -0.1) is 11.3 Å². The van der Waals surface area contributed by atoms with Crippen molar-refractivity contribution >= 4 is 27.3 Å². The number of sulfonamides is 1. The van der Waals surface area contributed by atoms with Crippen LogP contribution in [0, 0.1) is 5.92 Å². The largest absolute Gasteiger partial charge is 0.497 e. The van der Waals surface area contributed by atoms with Crippen molar-refractivity contribution in [3.63, 3.8) is 0 Å². The number of hydrogen-bond donors (Lipinski definition) is 0. The molecule has 0 unspecified atom stereocenters. The number of nitrogens with zero attached hydrogens (tertiary/aromatic N) is 1. The Balaban J connectivity index is 2.07. The third-order valence-electron chi connectivity index (χ3n) is 5.59. The number of esters is 1. The van der Waals surface area contributed by atoms with Crippen LogP contribution in [0.25, 0.3) is 0 Å². The fourth-order valence-electron chi connectivity index (χ4n) is 3.99. The van der Waals surface area contributed by atoms with Gasteiger partial charge >= 0.3 is 5.97 Å². The van der Waals surface area contributed by atoms with E-state index in [4.69, 9.17) is 9.47 Å². The molecule has 2 heterocycles. The van der Waals surface area contributed by atoms with Crippen molar-refractivity contribution in [2.24, 2.45) is 5.92 Å². The molecule has 8 heteroatoms. The minimum Gasteiger partial charge on any atom is -0.497 e. The fourth-order valence-corrected chi connectivity index (χ4v) is 6.55. The average molecular weight is 452 g/mol. The lowest BCUT2D eigenvalue weighted by molar-refractivity contribution is -0.146. The minimum absolute atomic E-state index is 0.144. The number of fused-ring (bicyclic) bond motifs is 1. The molecule has 6 nitrogen and oxygen atoms in total. The Morgan fingerprint density at radius 1 is 1.20 bits per heavy atom. The van der Waals surface area contributed by atoms with Gasteiger partial charge in [0.05, 0.1) is 19.1 Å². The second-order valence-electron chi connectivity index (χ2n) is 7.89. The second kappa shape index (κ2) is 9.49. The van der Waals surface area contributed by atoms with Crippen LogP contribution in [-0.2, 0) is 26.0 Å². The number of ether oxygens (including phenoxy) is 2. The second-order valence-corrected chi connectivity index (χ2v) is 10.8. The lowest BCUT2D eigenvalue weighted by atomic mass is 9.86. The van der Waals surface area contributed by atoms with E-state index in [-0.39, 0.29) is 17.4 Å². The van der Waals surface area contributed by atoms with Crippen molar-refractivity contribution in [2.45, 2.75) is 50.0 Å². The van der Waals surface area contributed by atoms with Crippen molar-refractivity contribution in [2.75, 3.05) is 20.8 Å². The molecular weight excluding hydrogens is 422 g/mol. The van der Waals surface area contributed by atoms with Crippen molar-refractivity contribution in [1.29, 1.82) is 0 Å². The Morgan fingerprint density at radius 2 is 1.90 bits per heavy atom. The molecule has 1 aromatic heterocycles. The summed E-state index contributed by atoms with van der Waals surface area (Å²) in [5.41, 5.74) is 1.07. The van der Waals surface area contributed by atoms with Crippen LogP contribution < -0.4 is 4.74 Å². The standard InChI is InChI=1S/C22H29NO5S2/c1-15(2)5-10-19-18-12-14-29-20(18)11-13-23(21(19)22(24)28-4)30(25,26)17-8-6-16(27-3)7-9-17/h6-9,12,14-15,19,21H,5,10-11,13H2,1-4H3/t19-,21-/m0/s1. The summed E-state index contributed by atoms with van der Waals surface area (Å²) in [4.78, 5) is 14.2. The van der Waals surface area contributed by atoms with Gasteiger partial charge in [0.1, 0.15) is 11.8 Å². The smallest absolute Gasteiger partial charge is 0.324 e. The SMILES string of the molecule is COC(=O)[C@@H]1[C@@H](CCC(C)C)c2ccsc2CCN1S(=O)(=O)c1ccc(OC)cc1. The first-order chi connectivity index (χ1) is 14.3. The van der Waals surface area contributed by atoms with Crippen LogP contribution in [0.3, 0.4) is 0 Å². The van der Waals surface area contributed by atoms with Crippen LogP contribution >= 0.6 is 11.3 Å². The predicted molar refractivity (Wildman–Crippen MR) is 118 cm³/mol. The molecule has 2 aromatic rings. The van der Waals surface area contributed by atoms with Crippen LogP contribution in [0.2, 0.25) is 0 Å². The van der Waals surface area contributed by atoms with Gasteiger partial charge in [0.2, 0.25) is 10.0 Å². The Morgan fingerprint density at radius 3 is 2.50 bits per heavy atom. The first-order valence-corrected chi connectivity index (χ1v) is 12.4. The van der Waals surface area contributed by atoms with Crippen molar-refractivity contribution in [3.05, 3.63) is 46.2 Å². The third kappa shape index (κ3) is 4.55. The molecule has 0 saturated heterocycles. The highest BCUT2D eigenvalue weighted by atomic mass is 32.2. The van der Waals surface area contributed by atoms with E-state index in [0.717, 1.165) is 23.3 Å². The molecule has 0 N–H and O–H groups in total. The monoisotopic (exact) mass is 451 g/mol. The lowest BCUT2D eigenvalue weighted by Gasteiger charge is -2.32. The molecule has 164 valence electrons. The molecule has 0 amide bonds. The Kier molecular flexibility index (Phi) is 7.21. The van der Waals surface area contributed by atoms with E-state index in [1.165, 1.54) is 30.7 Å². The molecule has 30 heavy (non-hydrogen) atoms. The Hall–Kier alpha value is -1.90. The van der Waals surface area contributed by atoms with Gasteiger partial charge in [-0.05, 0) is 60.0 Å². The highest BCUT2D eigenvalue weighted by molar-refractivity contribution is 7.89. The minimum atomic E-state index is -3.90. The molecule has 0 radical (unpaired) electrons. The van der Waals surface area contributed by atoms with Gasteiger partial charge in [0.25, 0.3) is 0 Å². The maximum atomic E-state index is 13.6. The Bertz CT molecular complexity index is 966. The van der Waals surface area contributed by atoms with Crippen LogP contribution in [0.4, 0.5) is 0 Å². The van der Waals surface area contributed by atoms with E-state index < -0.39 is 22.0 Å². The van der Waals surface area contributed by atoms with Crippen LogP contribution in [-0.4, -0.2) is 45.5 Å². The number of carbonyl (C=O) groups excluding carboxylic acids is 1. The molecule has 0 aliphatic carbocycles. The van der Waals surface area contributed by atoms with E-state index in [2.05, 4.69) is 13.8 Å². The lowest BCUT2D eigenvalue weighted by Crippen LogP contribution is -2.48. The van der Waals surface area contributed by atoms with E-state index in [0.29, 0.717) is 18.1 Å². The summed E-state index contributed by atoms with van der Waals surface area (Å²) >= 11 is 1.62. The summed E-state index contributed by atoms with van der Waals surface area (Å²) in [6.45, 7) is 4.49. The molecule has 1 aliphatic heterocycles. The number of benzene rings is 1. The summed E-state index contributed by atoms with van der Waals surface area (Å²) in [6.07, 6.45) is 2.19. The number of carbonyl (C=O) groups is 1. The van der Waals surface area contributed by atoms with Crippen LogP contribution in [0.5, 0.6) is 5.75 Å². The number of methoxy groups -OCH3 is 2. The van der Waals surface area contributed by atoms with E-state index >= 15 is 0 Å². The van der Waals surface area contributed by atoms with Gasteiger partial charge in [-0.2, -0.15) is 4.31 Å². The normalized spacial score (nSPS) is 19.9. The summed E-state index contributed by atoms with van der Waals surface area (Å²) in [7, 11) is -1.05. The average Bonchev–Trinajstić information content (AvgIpc) is 3.13. The van der Waals surface area contributed by atoms with Gasteiger partial charge in [-0.25, -0.2) is 8.42 Å². The predicted octanol–water partition coefficient (Wildman–Crippen LogP) is 4.07. The highest BCUT2D eigenvalue weighted by Gasteiger charge is 2.44.